The van der Waals surface area contributed by atoms with Gasteiger partial charge < -0.3 is 24.8 Å². The zero-order chi connectivity index (χ0) is 20.8. The standard InChI is InChI=1S/C23H30N2O4/c1-16(24)18-9-11-25(12-10-18)23(26)19-13-20(27-2)22(21(14-19)28-3)29-15-17-7-5-4-6-8-17/h4-8,13-14,16,18H,9-12,15,24H2,1-3H3. The van der Waals surface area contributed by atoms with Crippen LogP contribution in [0.1, 0.15) is 35.7 Å². The van der Waals surface area contributed by atoms with Crippen LogP contribution < -0.4 is 19.9 Å². The van der Waals surface area contributed by atoms with Crippen LogP contribution in [0.3, 0.4) is 0 Å². The van der Waals surface area contributed by atoms with Gasteiger partial charge in [-0.25, -0.2) is 0 Å². The number of carbonyl (C=O) groups is 1. The van der Waals surface area contributed by atoms with Gasteiger partial charge in [0.1, 0.15) is 6.61 Å². The van der Waals surface area contributed by atoms with E-state index >= 15 is 0 Å². The predicted molar refractivity (Wildman–Crippen MR) is 113 cm³/mol. The molecule has 1 unspecified atom stereocenters. The molecule has 6 nitrogen and oxygen atoms in total. The number of benzene rings is 2. The van der Waals surface area contributed by atoms with Crippen molar-refractivity contribution in [1.82, 2.24) is 4.90 Å². The number of rotatable bonds is 7. The molecule has 1 atom stereocenters. The summed E-state index contributed by atoms with van der Waals surface area (Å²) in [4.78, 5) is 14.9. The molecule has 1 saturated heterocycles. The fourth-order valence-electron chi connectivity index (χ4n) is 3.69. The number of methoxy groups -OCH3 is 2. The summed E-state index contributed by atoms with van der Waals surface area (Å²) in [7, 11) is 3.12. The van der Waals surface area contributed by atoms with Gasteiger partial charge in [0.15, 0.2) is 11.5 Å². The van der Waals surface area contributed by atoms with Gasteiger partial charge in [0.05, 0.1) is 14.2 Å². The van der Waals surface area contributed by atoms with Crippen molar-refractivity contribution in [3.63, 3.8) is 0 Å². The number of hydrogen-bond acceptors (Lipinski definition) is 5. The Balaban J connectivity index is 1.77. The smallest absolute Gasteiger partial charge is 0.254 e. The average molecular weight is 399 g/mol. The number of carbonyl (C=O) groups excluding carboxylic acids is 1. The molecule has 2 aromatic carbocycles. The molecule has 1 aliphatic heterocycles. The number of hydrogen-bond donors (Lipinski definition) is 1. The molecule has 0 aromatic heterocycles. The van der Waals surface area contributed by atoms with Crippen molar-refractivity contribution in [2.24, 2.45) is 11.7 Å². The fourth-order valence-corrected chi connectivity index (χ4v) is 3.69. The Morgan fingerprint density at radius 2 is 1.69 bits per heavy atom. The minimum Gasteiger partial charge on any atom is -0.493 e. The first-order chi connectivity index (χ1) is 14.0. The van der Waals surface area contributed by atoms with Crippen molar-refractivity contribution in [1.29, 1.82) is 0 Å². The first kappa shape index (κ1) is 21.0. The summed E-state index contributed by atoms with van der Waals surface area (Å²) >= 11 is 0. The quantitative estimate of drug-likeness (QED) is 0.773. The summed E-state index contributed by atoms with van der Waals surface area (Å²) in [5.41, 5.74) is 7.58. The summed E-state index contributed by atoms with van der Waals surface area (Å²) in [6.07, 6.45) is 1.85. The topological polar surface area (TPSA) is 74.0 Å². The molecule has 3 rings (SSSR count). The highest BCUT2D eigenvalue weighted by molar-refractivity contribution is 5.95. The summed E-state index contributed by atoms with van der Waals surface area (Å²) in [6.45, 7) is 3.83. The van der Waals surface area contributed by atoms with Gasteiger partial charge in [0.25, 0.3) is 5.91 Å². The molecule has 2 N–H and O–H groups in total. The highest BCUT2D eigenvalue weighted by atomic mass is 16.5. The second-order valence-electron chi connectivity index (χ2n) is 7.47. The van der Waals surface area contributed by atoms with E-state index in [4.69, 9.17) is 19.9 Å². The monoisotopic (exact) mass is 398 g/mol. The van der Waals surface area contributed by atoms with Gasteiger partial charge >= 0.3 is 0 Å². The third-order valence-corrected chi connectivity index (χ3v) is 5.50. The molecule has 1 fully saturated rings. The maximum absolute atomic E-state index is 13.0. The van der Waals surface area contributed by atoms with Crippen LogP contribution in [0, 0.1) is 5.92 Å². The normalized spacial score (nSPS) is 15.7. The van der Waals surface area contributed by atoms with Crippen LogP contribution in [0.5, 0.6) is 17.2 Å². The van der Waals surface area contributed by atoms with Crippen LogP contribution >= 0.6 is 0 Å². The van der Waals surface area contributed by atoms with E-state index in [-0.39, 0.29) is 11.9 Å². The Bertz CT molecular complexity index is 790. The molecular weight excluding hydrogens is 368 g/mol. The fraction of sp³-hybridized carbons (Fsp3) is 0.435. The molecular formula is C23H30N2O4. The van der Waals surface area contributed by atoms with Crippen molar-refractivity contribution in [2.75, 3.05) is 27.3 Å². The molecule has 1 aliphatic rings. The van der Waals surface area contributed by atoms with Crippen LogP contribution in [0.25, 0.3) is 0 Å². The maximum Gasteiger partial charge on any atom is 0.254 e. The van der Waals surface area contributed by atoms with E-state index in [1.807, 2.05) is 42.2 Å². The van der Waals surface area contributed by atoms with Gasteiger partial charge in [-0.1, -0.05) is 30.3 Å². The second-order valence-corrected chi connectivity index (χ2v) is 7.47. The van der Waals surface area contributed by atoms with E-state index in [0.29, 0.717) is 48.4 Å². The molecule has 29 heavy (non-hydrogen) atoms. The maximum atomic E-state index is 13.0. The zero-order valence-electron chi connectivity index (χ0n) is 17.4. The van der Waals surface area contributed by atoms with E-state index in [2.05, 4.69) is 0 Å². The number of ether oxygens (including phenoxy) is 3. The Kier molecular flexibility index (Phi) is 6.99. The first-order valence-corrected chi connectivity index (χ1v) is 10.0. The van der Waals surface area contributed by atoms with E-state index in [1.54, 1.807) is 26.4 Å². The van der Waals surface area contributed by atoms with Crippen molar-refractivity contribution >= 4 is 5.91 Å². The Labute approximate surface area is 172 Å². The van der Waals surface area contributed by atoms with Crippen molar-refractivity contribution in [2.45, 2.75) is 32.4 Å². The van der Waals surface area contributed by atoms with E-state index < -0.39 is 0 Å². The Hall–Kier alpha value is -2.73. The van der Waals surface area contributed by atoms with Gasteiger partial charge in [0, 0.05) is 24.7 Å². The molecule has 2 aromatic rings. The van der Waals surface area contributed by atoms with Gasteiger partial charge in [-0.05, 0) is 43.4 Å². The largest absolute Gasteiger partial charge is 0.493 e. The van der Waals surface area contributed by atoms with Crippen LogP contribution in [0.15, 0.2) is 42.5 Å². The molecule has 6 heteroatoms. The molecule has 0 radical (unpaired) electrons. The number of piperidine rings is 1. The average Bonchev–Trinajstić information content (AvgIpc) is 2.77. The summed E-state index contributed by atoms with van der Waals surface area (Å²) < 4.78 is 17.0. The molecule has 0 aliphatic carbocycles. The van der Waals surface area contributed by atoms with E-state index in [1.165, 1.54) is 0 Å². The highest BCUT2D eigenvalue weighted by Gasteiger charge is 2.27. The lowest BCUT2D eigenvalue weighted by Crippen LogP contribution is -2.42. The molecule has 156 valence electrons. The van der Waals surface area contributed by atoms with Gasteiger partial charge in [0.2, 0.25) is 5.75 Å². The van der Waals surface area contributed by atoms with Crippen LogP contribution in [-0.4, -0.2) is 44.2 Å². The Morgan fingerprint density at radius 1 is 1.10 bits per heavy atom. The third kappa shape index (κ3) is 5.01. The summed E-state index contributed by atoms with van der Waals surface area (Å²) in [5.74, 6) is 1.89. The number of amides is 1. The second kappa shape index (κ2) is 9.65. The predicted octanol–water partition coefficient (Wildman–Crippen LogP) is 3.48. The van der Waals surface area contributed by atoms with E-state index in [0.717, 1.165) is 18.4 Å². The third-order valence-electron chi connectivity index (χ3n) is 5.50. The lowest BCUT2D eigenvalue weighted by Gasteiger charge is -2.34. The molecule has 0 saturated carbocycles. The summed E-state index contributed by atoms with van der Waals surface area (Å²) in [5, 5.41) is 0. The number of nitrogens with two attached hydrogens (primary N) is 1. The van der Waals surface area contributed by atoms with Crippen LogP contribution in [0.4, 0.5) is 0 Å². The lowest BCUT2D eigenvalue weighted by atomic mass is 9.90. The van der Waals surface area contributed by atoms with Crippen LogP contribution in [0.2, 0.25) is 0 Å². The zero-order valence-corrected chi connectivity index (χ0v) is 17.4. The number of likely N-dealkylation sites (tertiary alicyclic amines) is 1. The molecule has 1 amide bonds. The van der Waals surface area contributed by atoms with E-state index in [9.17, 15) is 4.79 Å². The van der Waals surface area contributed by atoms with Gasteiger partial charge in [-0.2, -0.15) is 0 Å². The summed E-state index contributed by atoms with van der Waals surface area (Å²) in [6, 6.07) is 13.5. The first-order valence-electron chi connectivity index (χ1n) is 10.0. The van der Waals surface area contributed by atoms with Crippen molar-refractivity contribution in [3.8, 4) is 17.2 Å². The lowest BCUT2D eigenvalue weighted by molar-refractivity contribution is 0.0680. The Morgan fingerprint density at radius 3 is 2.21 bits per heavy atom. The molecule has 0 spiro atoms. The molecule has 0 bridgehead atoms. The van der Waals surface area contributed by atoms with Gasteiger partial charge in [-0.15, -0.1) is 0 Å². The minimum absolute atomic E-state index is 0.0284. The van der Waals surface area contributed by atoms with Gasteiger partial charge in [-0.3, -0.25) is 4.79 Å². The SMILES string of the molecule is COc1cc(C(=O)N2CCC(C(C)N)CC2)cc(OC)c1OCc1ccccc1. The van der Waals surface area contributed by atoms with Crippen LogP contribution in [-0.2, 0) is 6.61 Å². The minimum atomic E-state index is -0.0284. The van der Waals surface area contributed by atoms with Crippen molar-refractivity contribution in [3.05, 3.63) is 53.6 Å². The highest BCUT2D eigenvalue weighted by Crippen LogP contribution is 2.39. The van der Waals surface area contributed by atoms with Crippen molar-refractivity contribution < 1.29 is 19.0 Å². The number of nitrogens with zero attached hydrogens (tertiary/aromatic N) is 1. The molecule has 1 heterocycles.